The molecule has 2 aromatic heterocycles. The number of amides is 1. The largest absolute Gasteiger partial charge is 0.382 e. The minimum absolute atomic E-state index is 0.238. The van der Waals surface area contributed by atoms with Gasteiger partial charge in [0.25, 0.3) is 5.91 Å². The van der Waals surface area contributed by atoms with Crippen molar-refractivity contribution in [2.24, 2.45) is 0 Å². The molecule has 0 saturated heterocycles. The highest BCUT2D eigenvalue weighted by Crippen LogP contribution is 2.20. The first kappa shape index (κ1) is 11.8. The van der Waals surface area contributed by atoms with Crippen LogP contribution in [0, 0.1) is 0 Å². The van der Waals surface area contributed by atoms with Gasteiger partial charge < -0.3 is 11.1 Å². The maximum Gasteiger partial charge on any atom is 0.272 e. The SMILES string of the molecule is Nc1ccc(C(=O)NCc2ccc(Cl)s2)nn1. The van der Waals surface area contributed by atoms with Crippen molar-refractivity contribution >= 4 is 34.7 Å². The van der Waals surface area contributed by atoms with Gasteiger partial charge in [-0.1, -0.05) is 11.6 Å². The van der Waals surface area contributed by atoms with Crippen molar-refractivity contribution in [1.29, 1.82) is 0 Å². The lowest BCUT2D eigenvalue weighted by Gasteiger charge is -2.02. The molecule has 0 unspecified atom stereocenters. The van der Waals surface area contributed by atoms with E-state index in [9.17, 15) is 4.79 Å². The van der Waals surface area contributed by atoms with Crippen LogP contribution in [0.4, 0.5) is 5.82 Å². The van der Waals surface area contributed by atoms with Crippen LogP contribution >= 0.6 is 22.9 Å². The van der Waals surface area contributed by atoms with Gasteiger partial charge in [-0.25, -0.2) is 0 Å². The van der Waals surface area contributed by atoms with E-state index in [0.29, 0.717) is 10.9 Å². The lowest BCUT2D eigenvalue weighted by atomic mass is 10.3. The van der Waals surface area contributed by atoms with E-state index in [4.69, 9.17) is 17.3 Å². The highest BCUT2D eigenvalue weighted by atomic mass is 35.5. The van der Waals surface area contributed by atoms with Gasteiger partial charge in [0, 0.05) is 4.88 Å². The minimum Gasteiger partial charge on any atom is -0.382 e. The van der Waals surface area contributed by atoms with E-state index >= 15 is 0 Å². The maximum atomic E-state index is 11.7. The van der Waals surface area contributed by atoms with Crippen LogP contribution in [0.1, 0.15) is 15.4 Å². The quantitative estimate of drug-likeness (QED) is 0.888. The van der Waals surface area contributed by atoms with Crippen LogP contribution < -0.4 is 11.1 Å². The van der Waals surface area contributed by atoms with E-state index in [1.165, 1.54) is 23.5 Å². The van der Waals surface area contributed by atoms with Gasteiger partial charge in [-0.3, -0.25) is 4.79 Å². The molecule has 1 amide bonds. The number of nitrogens with zero attached hydrogens (tertiary/aromatic N) is 2. The molecule has 0 fully saturated rings. The molecule has 5 nitrogen and oxygen atoms in total. The summed E-state index contributed by atoms with van der Waals surface area (Å²) in [6.07, 6.45) is 0. The smallest absolute Gasteiger partial charge is 0.272 e. The number of nitrogen functional groups attached to an aromatic ring is 1. The third-order valence-electron chi connectivity index (χ3n) is 1.97. The van der Waals surface area contributed by atoms with Gasteiger partial charge >= 0.3 is 0 Å². The molecule has 0 bridgehead atoms. The zero-order valence-electron chi connectivity index (χ0n) is 8.68. The van der Waals surface area contributed by atoms with Crippen molar-refractivity contribution in [3.8, 4) is 0 Å². The molecule has 0 aromatic carbocycles. The highest BCUT2D eigenvalue weighted by Gasteiger charge is 2.07. The summed E-state index contributed by atoms with van der Waals surface area (Å²) >= 11 is 7.20. The Morgan fingerprint density at radius 3 is 2.76 bits per heavy atom. The van der Waals surface area contributed by atoms with E-state index < -0.39 is 0 Å². The van der Waals surface area contributed by atoms with Crippen molar-refractivity contribution in [1.82, 2.24) is 15.5 Å². The summed E-state index contributed by atoms with van der Waals surface area (Å²) in [7, 11) is 0. The zero-order chi connectivity index (χ0) is 12.3. The summed E-state index contributed by atoms with van der Waals surface area (Å²) in [5.41, 5.74) is 5.61. The highest BCUT2D eigenvalue weighted by molar-refractivity contribution is 7.16. The summed E-state index contributed by atoms with van der Waals surface area (Å²) in [5.74, 6) is -0.00592. The Labute approximate surface area is 107 Å². The standard InChI is InChI=1S/C10H9ClN4OS/c11-8-3-1-6(17-8)5-13-10(16)7-2-4-9(12)15-14-7/h1-4H,5H2,(H2,12,15)(H,13,16). The monoisotopic (exact) mass is 268 g/mol. The van der Waals surface area contributed by atoms with Crippen LogP contribution in [-0.2, 0) is 6.54 Å². The number of thiophene rings is 1. The molecular weight excluding hydrogens is 260 g/mol. The molecule has 17 heavy (non-hydrogen) atoms. The minimum atomic E-state index is -0.290. The fraction of sp³-hybridized carbons (Fsp3) is 0.100. The van der Waals surface area contributed by atoms with Gasteiger partial charge in [0.2, 0.25) is 0 Å². The molecule has 0 saturated carbocycles. The van der Waals surface area contributed by atoms with Gasteiger partial charge in [-0.15, -0.1) is 21.5 Å². The summed E-state index contributed by atoms with van der Waals surface area (Å²) in [5, 5.41) is 10.0. The Morgan fingerprint density at radius 2 is 2.18 bits per heavy atom. The van der Waals surface area contributed by atoms with Crippen LogP contribution in [0.15, 0.2) is 24.3 Å². The summed E-state index contributed by atoms with van der Waals surface area (Å²) in [4.78, 5) is 12.6. The number of anilines is 1. The number of nitrogens with one attached hydrogen (secondary N) is 1. The van der Waals surface area contributed by atoms with Crippen molar-refractivity contribution in [2.45, 2.75) is 6.54 Å². The number of rotatable bonds is 3. The topological polar surface area (TPSA) is 80.9 Å². The molecule has 0 aliphatic rings. The number of carbonyl (C=O) groups is 1. The van der Waals surface area contributed by atoms with Crippen LogP contribution in [0.3, 0.4) is 0 Å². The third-order valence-corrected chi connectivity index (χ3v) is 3.20. The van der Waals surface area contributed by atoms with E-state index in [-0.39, 0.29) is 17.4 Å². The van der Waals surface area contributed by atoms with Crippen LogP contribution in [0.5, 0.6) is 0 Å². The Balaban J connectivity index is 1.95. The second-order valence-corrected chi connectivity index (χ2v) is 5.03. The molecule has 2 aromatic rings. The number of halogens is 1. The molecule has 0 spiro atoms. The van der Waals surface area contributed by atoms with Crippen molar-refractivity contribution < 1.29 is 4.79 Å². The molecule has 0 radical (unpaired) electrons. The normalized spacial score (nSPS) is 10.2. The number of hydrogen-bond donors (Lipinski definition) is 2. The van der Waals surface area contributed by atoms with Gasteiger partial charge in [0.1, 0.15) is 5.82 Å². The fourth-order valence-corrected chi connectivity index (χ4v) is 2.20. The Morgan fingerprint density at radius 1 is 1.35 bits per heavy atom. The average molecular weight is 269 g/mol. The summed E-state index contributed by atoms with van der Waals surface area (Å²) in [6, 6.07) is 6.71. The molecule has 2 heterocycles. The van der Waals surface area contributed by atoms with Crippen molar-refractivity contribution in [2.75, 3.05) is 5.73 Å². The van der Waals surface area contributed by atoms with E-state index in [0.717, 1.165) is 4.88 Å². The molecule has 3 N–H and O–H groups in total. The number of aromatic nitrogens is 2. The van der Waals surface area contributed by atoms with E-state index in [1.807, 2.05) is 6.07 Å². The molecule has 7 heteroatoms. The van der Waals surface area contributed by atoms with Gasteiger partial charge in [0.05, 0.1) is 10.9 Å². The molecule has 0 aliphatic carbocycles. The third kappa shape index (κ3) is 3.15. The molecule has 2 rings (SSSR count). The lowest BCUT2D eigenvalue weighted by molar-refractivity contribution is 0.0945. The lowest BCUT2D eigenvalue weighted by Crippen LogP contribution is -2.23. The fourth-order valence-electron chi connectivity index (χ4n) is 1.17. The van der Waals surface area contributed by atoms with Crippen LogP contribution in [-0.4, -0.2) is 16.1 Å². The van der Waals surface area contributed by atoms with Gasteiger partial charge in [-0.05, 0) is 24.3 Å². The molecule has 0 atom stereocenters. The summed E-state index contributed by atoms with van der Waals surface area (Å²) in [6.45, 7) is 0.419. The zero-order valence-corrected chi connectivity index (χ0v) is 10.3. The predicted molar refractivity (Wildman–Crippen MR) is 66.9 cm³/mol. The van der Waals surface area contributed by atoms with E-state index in [2.05, 4.69) is 15.5 Å². The van der Waals surface area contributed by atoms with Gasteiger partial charge in [-0.2, -0.15) is 0 Å². The first-order valence-corrected chi connectivity index (χ1v) is 5.96. The number of carbonyl (C=O) groups excluding carboxylic acids is 1. The first-order valence-electron chi connectivity index (χ1n) is 4.77. The Bertz CT molecular complexity index is 525. The Hall–Kier alpha value is -1.66. The maximum absolute atomic E-state index is 11.7. The van der Waals surface area contributed by atoms with Crippen molar-refractivity contribution in [3.63, 3.8) is 0 Å². The van der Waals surface area contributed by atoms with Gasteiger partial charge in [0.15, 0.2) is 5.69 Å². The van der Waals surface area contributed by atoms with Crippen LogP contribution in [0.25, 0.3) is 0 Å². The molecule has 0 aliphatic heterocycles. The second kappa shape index (κ2) is 5.11. The van der Waals surface area contributed by atoms with E-state index in [1.54, 1.807) is 6.07 Å². The van der Waals surface area contributed by atoms with Crippen molar-refractivity contribution in [3.05, 3.63) is 39.2 Å². The molecule has 88 valence electrons. The molecular formula is C10H9ClN4OS. The summed E-state index contributed by atoms with van der Waals surface area (Å²) < 4.78 is 0.696. The second-order valence-electron chi connectivity index (χ2n) is 3.23. The number of nitrogens with two attached hydrogens (primary N) is 1. The average Bonchev–Trinajstić information content (AvgIpc) is 2.73. The van der Waals surface area contributed by atoms with Crippen LogP contribution in [0.2, 0.25) is 4.34 Å². The first-order chi connectivity index (χ1) is 8.15. The number of hydrogen-bond acceptors (Lipinski definition) is 5. The predicted octanol–water partition coefficient (Wildman–Crippen LogP) is 1.70. The Kier molecular flexibility index (Phi) is 3.55.